The highest BCUT2D eigenvalue weighted by molar-refractivity contribution is 7.26. The van der Waals surface area contributed by atoms with Gasteiger partial charge in [-0.05, 0) is 65.4 Å². The summed E-state index contributed by atoms with van der Waals surface area (Å²) in [5.74, 6) is 0. The smallest absolute Gasteiger partial charge is 0.0555 e. The molecule has 0 fully saturated rings. The molecule has 0 amide bonds. The Morgan fingerprint density at radius 1 is 0.933 bits per heavy atom. The number of rotatable bonds is 2. The molecule has 0 saturated heterocycles. The highest BCUT2D eigenvalue weighted by Crippen LogP contribution is 2.52. The van der Waals surface area contributed by atoms with Crippen LogP contribution in [0.25, 0.3) is 48.3 Å². The van der Waals surface area contributed by atoms with E-state index < -0.39 is 0 Å². The molecule has 30 heavy (non-hydrogen) atoms. The quantitative estimate of drug-likeness (QED) is 0.301. The van der Waals surface area contributed by atoms with Crippen LogP contribution in [0.1, 0.15) is 49.6 Å². The molecule has 0 unspecified atom stereocenters. The molecule has 3 aromatic carbocycles. The van der Waals surface area contributed by atoms with Gasteiger partial charge in [0.2, 0.25) is 0 Å². The predicted octanol–water partition coefficient (Wildman–Crippen LogP) is 8.57. The van der Waals surface area contributed by atoms with Crippen LogP contribution in [0.3, 0.4) is 0 Å². The maximum Gasteiger partial charge on any atom is 0.0555 e. The number of aromatic amines is 1. The first-order chi connectivity index (χ1) is 14.5. The highest BCUT2D eigenvalue weighted by atomic mass is 32.1. The fourth-order valence-electron chi connectivity index (χ4n) is 5.28. The minimum absolute atomic E-state index is 0.0307. The minimum Gasteiger partial charge on any atom is -0.354 e. The van der Waals surface area contributed by atoms with Gasteiger partial charge in [-0.3, -0.25) is 0 Å². The molecule has 0 spiro atoms. The molecule has 0 saturated carbocycles. The van der Waals surface area contributed by atoms with Gasteiger partial charge >= 0.3 is 0 Å². The van der Waals surface area contributed by atoms with Crippen molar-refractivity contribution in [2.45, 2.75) is 39.5 Å². The summed E-state index contributed by atoms with van der Waals surface area (Å²) in [4.78, 5) is 3.75. The van der Waals surface area contributed by atoms with Gasteiger partial charge in [-0.1, -0.05) is 57.2 Å². The molecule has 6 rings (SSSR count). The predicted molar refractivity (Wildman–Crippen MR) is 133 cm³/mol. The third kappa shape index (κ3) is 2.23. The van der Waals surface area contributed by atoms with Crippen LogP contribution < -0.4 is 0 Å². The Hall–Kier alpha value is -2.84. The van der Waals surface area contributed by atoms with Crippen LogP contribution in [0.15, 0.2) is 54.6 Å². The van der Waals surface area contributed by atoms with Crippen molar-refractivity contribution in [3.8, 4) is 11.1 Å². The van der Waals surface area contributed by atoms with Gasteiger partial charge in [0.1, 0.15) is 0 Å². The topological polar surface area (TPSA) is 15.8 Å². The minimum atomic E-state index is 0.0307. The molecular weight excluding hydrogens is 382 g/mol. The summed E-state index contributed by atoms with van der Waals surface area (Å²) in [7, 11) is 0. The van der Waals surface area contributed by atoms with Gasteiger partial charge in [0.05, 0.1) is 5.52 Å². The number of hydrogen-bond donors (Lipinski definition) is 1. The summed E-state index contributed by atoms with van der Waals surface area (Å²) in [6.07, 6.45) is 5.51. The Bertz CT molecular complexity index is 1510. The fraction of sp³-hybridized carbons (Fsp3) is 0.214. The van der Waals surface area contributed by atoms with E-state index in [2.05, 4.69) is 93.4 Å². The number of hydrogen-bond acceptors (Lipinski definition) is 1. The number of aryl methyl sites for hydroxylation is 1. The fourth-order valence-corrected chi connectivity index (χ4v) is 6.42. The zero-order chi connectivity index (χ0) is 20.6. The lowest BCUT2D eigenvalue weighted by Crippen LogP contribution is -2.14. The Kier molecular flexibility index (Phi) is 3.65. The van der Waals surface area contributed by atoms with Crippen LogP contribution in [0.2, 0.25) is 0 Å². The van der Waals surface area contributed by atoms with Gasteiger partial charge in [0.15, 0.2) is 0 Å². The Balaban J connectivity index is 1.71. The molecule has 2 heterocycles. The first-order valence-corrected chi connectivity index (χ1v) is 11.6. The van der Waals surface area contributed by atoms with E-state index in [1.54, 1.807) is 0 Å². The summed E-state index contributed by atoms with van der Waals surface area (Å²) in [5.41, 5.74) is 9.56. The summed E-state index contributed by atoms with van der Waals surface area (Å²) >= 11 is 1.91. The zero-order valence-corrected chi connectivity index (χ0v) is 18.7. The van der Waals surface area contributed by atoms with Crippen molar-refractivity contribution in [2.24, 2.45) is 0 Å². The molecule has 0 aliphatic heterocycles. The number of nitrogens with one attached hydrogen (secondary N) is 1. The second-order valence-electron chi connectivity index (χ2n) is 9.00. The van der Waals surface area contributed by atoms with Gasteiger partial charge < -0.3 is 4.98 Å². The SMILES string of the molecule is CC/C=C\c1[nH]c2c(ccc3sc4cc5c(cc4c32)C(C)(C)c2ccccc2-5)c1C. The lowest BCUT2D eigenvalue weighted by Gasteiger charge is -2.21. The second kappa shape index (κ2) is 6.09. The molecule has 5 aromatic rings. The van der Waals surface area contributed by atoms with E-state index in [4.69, 9.17) is 0 Å². The van der Waals surface area contributed by atoms with E-state index in [-0.39, 0.29) is 5.41 Å². The van der Waals surface area contributed by atoms with Crippen molar-refractivity contribution in [3.05, 3.63) is 77.0 Å². The summed E-state index contributed by atoms with van der Waals surface area (Å²) in [5, 5.41) is 4.09. The highest BCUT2D eigenvalue weighted by Gasteiger charge is 2.35. The van der Waals surface area contributed by atoms with E-state index in [9.17, 15) is 0 Å². The van der Waals surface area contributed by atoms with Crippen molar-refractivity contribution >= 4 is 48.5 Å². The lowest BCUT2D eigenvalue weighted by molar-refractivity contribution is 0.661. The number of H-pyrrole nitrogens is 1. The zero-order valence-electron chi connectivity index (χ0n) is 17.9. The molecule has 0 radical (unpaired) electrons. The molecule has 1 aliphatic rings. The number of fused-ring (bicyclic) bond motifs is 8. The lowest BCUT2D eigenvalue weighted by atomic mass is 9.82. The van der Waals surface area contributed by atoms with Gasteiger partial charge in [0, 0.05) is 36.7 Å². The van der Waals surface area contributed by atoms with Crippen LogP contribution in [0.5, 0.6) is 0 Å². The van der Waals surface area contributed by atoms with Gasteiger partial charge in [0.25, 0.3) is 0 Å². The maximum absolute atomic E-state index is 3.75. The van der Waals surface area contributed by atoms with E-state index in [1.165, 1.54) is 64.6 Å². The molecule has 1 nitrogen and oxygen atoms in total. The number of thiophene rings is 1. The van der Waals surface area contributed by atoms with Crippen LogP contribution in [-0.4, -0.2) is 4.98 Å². The molecular formula is C28H25NS. The number of aromatic nitrogens is 1. The van der Waals surface area contributed by atoms with Crippen molar-refractivity contribution < 1.29 is 0 Å². The van der Waals surface area contributed by atoms with E-state index in [0.29, 0.717) is 0 Å². The first kappa shape index (κ1) is 18.0. The largest absolute Gasteiger partial charge is 0.354 e. The van der Waals surface area contributed by atoms with E-state index in [0.717, 1.165) is 6.42 Å². The maximum atomic E-state index is 3.75. The molecule has 2 heteroatoms. The molecule has 148 valence electrons. The Labute approximate surface area is 181 Å². The van der Waals surface area contributed by atoms with Crippen molar-refractivity contribution in [1.82, 2.24) is 4.98 Å². The van der Waals surface area contributed by atoms with Crippen molar-refractivity contribution in [1.29, 1.82) is 0 Å². The second-order valence-corrected chi connectivity index (χ2v) is 10.1. The third-order valence-electron chi connectivity index (χ3n) is 6.93. The van der Waals surface area contributed by atoms with Crippen LogP contribution >= 0.6 is 11.3 Å². The summed E-state index contributed by atoms with van der Waals surface area (Å²) < 4.78 is 2.74. The standard InChI is InChI=1S/C28H25NS/c1-5-6-11-23-16(2)17-12-13-24-26(27(17)29-23)20-14-22-19(15-25(20)30-24)18-9-7-8-10-21(18)28(22,3)4/h6-15,29H,5H2,1-4H3/b11-6-. The van der Waals surface area contributed by atoms with E-state index in [1.807, 2.05) is 11.3 Å². The van der Waals surface area contributed by atoms with Crippen molar-refractivity contribution in [3.63, 3.8) is 0 Å². The van der Waals surface area contributed by atoms with Crippen molar-refractivity contribution in [2.75, 3.05) is 0 Å². The van der Waals surface area contributed by atoms with Crippen LogP contribution in [0.4, 0.5) is 0 Å². The monoisotopic (exact) mass is 407 g/mol. The number of benzene rings is 3. The van der Waals surface area contributed by atoms with Crippen LogP contribution in [-0.2, 0) is 5.41 Å². The Morgan fingerprint density at radius 3 is 2.60 bits per heavy atom. The average molecular weight is 408 g/mol. The molecule has 1 N–H and O–H groups in total. The molecule has 2 aromatic heterocycles. The van der Waals surface area contributed by atoms with E-state index >= 15 is 0 Å². The molecule has 1 aliphatic carbocycles. The van der Waals surface area contributed by atoms with Crippen LogP contribution in [0, 0.1) is 6.92 Å². The average Bonchev–Trinajstić information content (AvgIpc) is 3.34. The third-order valence-corrected chi connectivity index (χ3v) is 8.05. The summed E-state index contributed by atoms with van der Waals surface area (Å²) in [6.45, 7) is 9.13. The van der Waals surface area contributed by atoms with Gasteiger partial charge in [-0.2, -0.15) is 0 Å². The number of allylic oxidation sites excluding steroid dienone is 1. The molecule has 0 bridgehead atoms. The normalized spacial score (nSPS) is 14.9. The molecule has 0 atom stereocenters. The summed E-state index contributed by atoms with van der Waals surface area (Å²) in [6, 6.07) is 18.4. The van der Waals surface area contributed by atoms with Gasteiger partial charge in [-0.15, -0.1) is 11.3 Å². The Morgan fingerprint density at radius 2 is 1.77 bits per heavy atom. The van der Waals surface area contributed by atoms with Gasteiger partial charge in [-0.25, -0.2) is 0 Å². The first-order valence-electron chi connectivity index (χ1n) is 10.8.